The third kappa shape index (κ3) is 2.91. The smallest absolute Gasteiger partial charge is 0.109 e. The van der Waals surface area contributed by atoms with Gasteiger partial charge < -0.3 is 5.32 Å². The number of thiazole rings is 2. The zero-order valence-corrected chi connectivity index (χ0v) is 12.2. The predicted octanol–water partition coefficient (Wildman–Crippen LogP) is 3.63. The molecule has 0 spiro atoms. The van der Waals surface area contributed by atoms with Gasteiger partial charge in [0.2, 0.25) is 0 Å². The highest BCUT2D eigenvalue weighted by molar-refractivity contribution is 7.11. The minimum absolute atomic E-state index is 0.263. The number of hydrogen-bond donors (Lipinski definition) is 1. The molecule has 5 heteroatoms. The van der Waals surface area contributed by atoms with Crippen molar-refractivity contribution in [2.45, 2.75) is 39.8 Å². The van der Waals surface area contributed by atoms with Crippen LogP contribution in [-0.4, -0.2) is 9.97 Å². The Morgan fingerprint density at radius 3 is 2.53 bits per heavy atom. The maximum absolute atomic E-state index is 4.58. The number of rotatable bonds is 4. The number of nitrogens with zero attached hydrogens (tertiary/aromatic N) is 2. The largest absolute Gasteiger partial charge is 0.300 e. The van der Waals surface area contributed by atoms with Crippen molar-refractivity contribution in [2.24, 2.45) is 0 Å². The van der Waals surface area contributed by atoms with Crippen molar-refractivity contribution in [1.29, 1.82) is 0 Å². The van der Waals surface area contributed by atoms with E-state index in [0.29, 0.717) is 0 Å². The topological polar surface area (TPSA) is 37.8 Å². The van der Waals surface area contributed by atoms with Gasteiger partial charge in [0.15, 0.2) is 0 Å². The Hall–Kier alpha value is -0.780. The molecule has 92 valence electrons. The Bertz CT molecular complexity index is 476. The zero-order chi connectivity index (χ0) is 12.4. The third-order valence-electron chi connectivity index (χ3n) is 2.67. The fourth-order valence-electron chi connectivity index (χ4n) is 1.92. The molecule has 0 aromatic carbocycles. The van der Waals surface area contributed by atoms with Gasteiger partial charge in [0.25, 0.3) is 0 Å². The van der Waals surface area contributed by atoms with E-state index < -0.39 is 0 Å². The summed E-state index contributed by atoms with van der Waals surface area (Å²) in [4.78, 5) is 10.2. The molecule has 2 aromatic heterocycles. The fourth-order valence-corrected chi connectivity index (χ4v) is 3.49. The van der Waals surface area contributed by atoms with Crippen molar-refractivity contribution < 1.29 is 0 Å². The molecule has 0 radical (unpaired) electrons. The molecule has 2 heterocycles. The number of aromatic nitrogens is 2. The first-order valence-electron chi connectivity index (χ1n) is 5.67. The molecule has 0 aliphatic carbocycles. The molecule has 0 fully saturated rings. The number of aryl methyl sites for hydroxylation is 2. The first-order chi connectivity index (χ1) is 8.08. The molecule has 3 nitrogen and oxygen atoms in total. The van der Waals surface area contributed by atoms with E-state index in [1.165, 1.54) is 4.88 Å². The van der Waals surface area contributed by atoms with Crippen LogP contribution in [0.1, 0.15) is 46.5 Å². The maximum Gasteiger partial charge on any atom is 0.109 e. The van der Waals surface area contributed by atoms with Gasteiger partial charge in [-0.15, -0.1) is 22.7 Å². The average molecular weight is 267 g/mol. The Morgan fingerprint density at radius 2 is 2.00 bits per heavy atom. The van der Waals surface area contributed by atoms with Gasteiger partial charge in [0, 0.05) is 22.5 Å². The van der Waals surface area contributed by atoms with Crippen molar-refractivity contribution in [3.05, 3.63) is 32.2 Å². The number of hydrogen-bond acceptors (Lipinski definition) is 5. The molecule has 2 unspecified atom stereocenters. The summed E-state index contributed by atoms with van der Waals surface area (Å²) in [5.41, 5.74) is 1.16. The van der Waals surface area contributed by atoms with Crippen molar-refractivity contribution in [3.63, 3.8) is 0 Å². The van der Waals surface area contributed by atoms with E-state index in [-0.39, 0.29) is 12.1 Å². The molecule has 0 bridgehead atoms. The molecule has 0 saturated heterocycles. The molecule has 0 saturated carbocycles. The zero-order valence-electron chi connectivity index (χ0n) is 10.5. The van der Waals surface area contributed by atoms with Crippen LogP contribution in [0.15, 0.2) is 11.6 Å². The van der Waals surface area contributed by atoms with E-state index in [0.717, 1.165) is 15.7 Å². The van der Waals surface area contributed by atoms with E-state index in [9.17, 15) is 0 Å². The van der Waals surface area contributed by atoms with E-state index in [1.807, 2.05) is 11.6 Å². The van der Waals surface area contributed by atoms with Gasteiger partial charge in [0.05, 0.1) is 16.7 Å². The lowest BCUT2D eigenvalue weighted by Crippen LogP contribution is -2.23. The summed E-state index contributed by atoms with van der Waals surface area (Å²) in [6.45, 7) is 8.49. The standard InChI is InChI=1S/C12H17N3S2/c1-7(11-9(3)17-10(4)15-11)14-8(2)12-13-5-6-16-12/h5-8,14H,1-4H3. The van der Waals surface area contributed by atoms with Crippen molar-refractivity contribution in [1.82, 2.24) is 15.3 Å². The summed E-state index contributed by atoms with van der Waals surface area (Å²) < 4.78 is 0. The summed E-state index contributed by atoms with van der Waals surface area (Å²) in [5.74, 6) is 0. The molecule has 2 rings (SSSR count). The lowest BCUT2D eigenvalue weighted by atomic mass is 10.2. The lowest BCUT2D eigenvalue weighted by Gasteiger charge is -2.17. The normalized spacial score (nSPS) is 14.8. The molecule has 2 aromatic rings. The van der Waals surface area contributed by atoms with Gasteiger partial charge in [0.1, 0.15) is 5.01 Å². The summed E-state index contributed by atoms with van der Waals surface area (Å²) in [5, 5.41) is 7.81. The molecule has 0 aliphatic heterocycles. The minimum Gasteiger partial charge on any atom is -0.300 e. The van der Waals surface area contributed by atoms with Crippen LogP contribution in [0.2, 0.25) is 0 Å². The number of nitrogens with one attached hydrogen (secondary N) is 1. The van der Waals surface area contributed by atoms with E-state index in [2.05, 4.69) is 43.0 Å². The highest BCUT2D eigenvalue weighted by Gasteiger charge is 2.17. The highest BCUT2D eigenvalue weighted by atomic mass is 32.1. The van der Waals surface area contributed by atoms with Crippen molar-refractivity contribution in [2.75, 3.05) is 0 Å². The second kappa shape index (κ2) is 5.25. The van der Waals surface area contributed by atoms with Gasteiger partial charge in [-0.2, -0.15) is 0 Å². The quantitative estimate of drug-likeness (QED) is 0.919. The fraction of sp³-hybridized carbons (Fsp3) is 0.500. The van der Waals surface area contributed by atoms with Crippen LogP contribution in [0.5, 0.6) is 0 Å². The van der Waals surface area contributed by atoms with E-state index in [4.69, 9.17) is 0 Å². The summed E-state index contributed by atoms with van der Waals surface area (Å²) in [7, 11) is 0. The van der Waals surface area contributed by atoms with Gasteiger partial charge in [-0.25, -0.2) is 9.97 Å². The maximum atomic E-state index is 4.58. The average Bonchev–Trinajstić information content (AvgIpc) is 2.87. The van der Waals surface area contributed by atoms with Gasteiger partial charge in [-0.3, -0.25) is 0 Å². The highest BCUT2D eigenvalue weighted by Crippen LogP contribution is 2.25. The van der Waals surface area contributed by atoms with Crippen LogP contribution < -0.4 is 5.32 Å². The Kier molecular flexibility index (Phi) is 3.91. The van der Waals surface area contributed by atoms with Crippen LogP contribution >= 0.6 is 22.7 Å². The molecular formula is C12H17N3S2. The summed E-state index contributed by atoms with van der Waals surface area (Å²) in [6.07, 6.45) is 1.85. The van der Waals surface area contributed by atoms with E-state index in [1.54, 1.807) is 22.7 Å². The second-order valence-corrected chi connectivity index (χ2v) is 6.49. The lowest BCUT2D eigenvalue weighted by molar-refractivity contribution is 0.484. The Balaban J connectivity index is 2.06. The van der Waals surface area contributed by atoms with Crippen molar-refractivity contribution in [3.8, 4) is 0 Å². The molecular weight excluding hydrogens is 250 g/mol. The monoisotopic (exact) mass is 267 g/mol. The van der Waals surface area contributed by atoms with Crippen LogP contribution in [-0.2, 0) is 0 Å². The second-order valence-electron chi connectivity index (χ2n) is 4.15. The van der Waals surface area contributed by atoms with Crippen LogP contribution in [0.4, 0.5) is 0 Å². The van der Waals surface area contributed by atoms with Gasteiger partial charge in [-0.05, 0) is 27.7 Å². The molecule has 17 heavy (non-hydrogen) atoms. The third-order valence-corrected chi connectivity index (χ3v) is 4.53. The van der Waals surface area contributed by atoms with Crippen LogP contribution in [0.25, 0.3) is 0 Å². The van der Waals surface area contributed by atoms with Crippen molar-refractivity contribution >= 4 is 22.7 Å². The van der Waals surface area contributed by atoms with Gasteiger partial charge >= 0.3 is 0 Å². The van der Waals surface area contributed by atoms with Crippen LogP contribution in [0, 0.1) is 13.8 Å². The van der Waals surface area contributed by atoms with Gasteiger partial charge in [-0.1, -0.05) is 0 Å². The SMILES string of the molecule is Cc1nc(C(C)NC(C)c2nccs2)c(C)s1. The first kappa shape index (κ1) is 12.7. The predicted molar refractivity (Wildman–Crippen MR) is 73.7 cm³/mol. The molecule has 1 N–H and O–H groups in total. The Morgan fingerprint density at radius 1 is 1.24 bits per heavy atom. The molecule has 0 amide bonds. The first-order valence-corrected chi connectivity index (χ1v) is 7.37. The molecule has 2 atom stereocenters. The summed E-state index contributed by atoms with van der Waals surface area (Å²) in [6, 6.07) is 0.533. The van der Waals surface area contributed by atoms with Crippen LogP contribution in [0.3, 0.4) is 0 Å². The molecule has 0 aliphatic rings. The summed E-state index contributed by atoms with van der Waals surface area (Å²) >= 11 is 3.44. The Labute approximate surface area is 110 Å². The van der Waals surface area contributed by atoms with E-state index >= 15 is 0 Å². The minimum atomic E-state index is 0.263.